The van der Waals surface area contributed by atoms with Crippen molar-refractivity contribution in [1.29, 1.82) is 0 Å². The highest BCUT2D eigenvalue weighted by Crippen LogP contribution is 2.31. The highest BCUT2D eigenvalue weighted by molar-refractivity contribution is 5.85. The number of nitrogens with zero attached hydrogens (tertiary/aromatic N) is 1. The molecule has 0 aliphatic rings. The Kier molecular flexibility index (Phi) is 6.63. The zero-order valence-electron chi connectivity index (χ0n) is 12.6. The minimum absolute atomic E-state index is 0.482. The van der Waals surface area contributed by atoms with E-state index in [-0.39, 0.29) is 0 Å². The van der Waals surface area contributed by atoms with Crippen LogP contribution in [0.4, 0.5) is 13.2 Å². The van der Waals surface area contributed by atoms with Crippen LogP contribution < -0.4 is 5.32 Å². The van der Waals surface area contributed by atoms with Gasteiger partial charge in [0, 0.05) is 26.0 Å². The lowest BCUT2D eigenvalue weighted by Gasteiger charge is -2.10. The van der Waals surface area contributed by atoms with Crippen LogP contribution in [0.5, 0.6) is 0 Å². The molecule has 0 saturated carbocycles. The van der Waals surface area contributed by atoms with E-state index in [1.807, 2.05) is 6.92 Å². The van der Waals surface area contributed by atoms with Gasteiger partial charge in [0.1, 0.15) is 0 Å². The van der Waals surface area contributed by atoms with Gasteiger partial charge in [-0.05, 0) is 41.8 Å². The normalized spacial score (nSPS) is 13.5. The molecule has 118 valence electrons. The molecule has 1 N–H and O–H groups in total. The van der Waals surface area contributed by atoms with E-state index in [0.29, 0.717) is 17.7 Å². The molecule has 0 fully saturated rings. The number of hydrogen-bond donors (Lipinski definition) is 1. The van der Waals surface area contributed by atoms with Crippen LogP contribution >= 0.6 is 0 Å². The van der Waals surface area contributed by atoms with Crippen molar-refractivity contribution in [2.24, 2.45) is 4.99 Å². The molecule has 0 radical (unpaired) electrons. The molecule has 1 aromatic rings. The fourth-order valence-corrected chi connectivity index (χ4v) is 1.82. The monoisotopic (exact) mass is 308 g/mol. The molecule has 22 heavy (non-hydrogen) atoms. The van der Waals surface area contributed by atoms with Crippen LogP contribution in [0.2, 0.25) is 0 Å². The Morgan fingerprint density at radius 3 is 2.68 bits per heavy atom. The van der Waals surface area contributed by atoms with E-state index in [2.05, 4.69) is 16.9 Å². The maximum atomic E-state index is 12.8. The quantitative estimate of drug-likeness (QED) is 0.356. The first kappa shape index (κ1) is 17.8. The summed E-state index contributed by atoms with van der Waals surface area (Å²) in [7, 11) is 1.64. The van der Waals surface area contributed by atoms with Crippen LogP contribution in [-0.4, -0.2) is 19.8 Å². The Balaban J connectivity index is 3.24. The smallest absolute Gasteiger partial charge is 0.387 e. The fraction of sp³-hybridized carbons (Fsp3) is 0.235. The van der Waals surface area contributed by atoms with Crippen molar-refractivity contribution in [3.8, 4) is 0 Å². The van der Waals surface area contributed by atoms with Crippen molar-refractivity contribution in [3.63, 3.8) is 0 Å². The second-order valence-electron chi connectivity index (χ2n) is 4.65. The molecule has 0 bridgehead atoms. The SMILES string of the molecule is C=CCNC=C(C=C(C)C=NC)c1cccc(C(F)(F)F)c1. The lowest BCUT2D eigenvalue weighted by Crippen LogP contribution is -2.07. The van der Waals surface area contributed by atoms with Crippen LogP contribution in [0, 0.1) is 0 Å². The second-order valence-corrected chi connectivity index (χ2v) is 4.65. The summed E-state index contributed by atoms with van der Waals surface area (Å²) in [6, 6.07) is 5.23. The van der Waals surface area contributed by atoms with Crippen LogP contribution in [0.15, 0.2) is 59.8 Å². The molecule has 0 saturated heterocycles. The molecule has 0 aromatic heterocycles. The first-order chi connectivity index (χ1) is 10.4. The van der Waals surface area contributed by atoms with Crippen LogP contribution in [0.3, 0.4) is 0 Å². The van der Waals surface area contributed by atoms with Gasteiger partial charge in [-0.1, -0.05) is 18.2 Å². The summed E-state index contributed by atoms with van der Waals surface area (Å²) in [6.45, 7) is 5.95. The Morgan fingerprint density at radius 1 is 1.36 bits per heavy atom. The zero-order valence-corrected chi connectivity index (χ0v) is 12.6. The third kappa shape index (κ3) is 5.60. The molecule has 0 spiro atoms. The summed E-state index contributed by atoms with van der Waals surface area (Å²) in [6.07, 6.45) is 2.40. The molecule has 0 amide bonds. The summed E-state index contributed by atoms with van der Waals surface area (Å²) in [5.74, 6) is 0. The number of rotatable bonds is 6. The van der Waals surface area contributed by atoms with Gasteiger partial charge in [0.2, 0.25) is 0 Å². The average Bonchev–Trinajstić information content (AvgIpc) is 2.46. The largest absolute Gasteiger partial charge is 0.416 e. The molecule has 2 nitrogen and oxygen atoms in total. The Labute approximate surface area is 128 Å². The number of halogens is 3. The highest BCUT2D eigenvalue weighted by Gasteiger charge is 2.30. The predicted octanol–water partition coefficient (Wildman–Crippen LogP) is 4.47. The minimum atomic E-state index is -4.36. The van der Waals surface area contributed by atoms with Gasteiger partial charge in [0.05, 0.1) is 5.56 Å². The standard InChI is InChI=1S/C17H19F3N2/c1-4-8-22-12-15(9-13(2)11-21-3)14-6-5-7-16(10-14)17(18,19)20/h4-7,9-12,22H,1,8H2,2-3H3. The molecule has 1 rings (SSSR count). The van der Waals surface area contributed by atoms with Crippen molar-refractivity contribution in [2.75, 3.05) is 13.6 Å². The number of benzene rings is 1. The van der Waals surface area contributed by atoms with Gasteiger partial charge in [-0.25, -0.2) is 0 Å². The summed E-state index contributed by atoms with van der Waals surface area (Å²) in [5, 5.41) is 2.99. The van der Waals surface area contributed by atoms with Gasteiger partial charge in [-0.2, -0.15) is 13.2 Å². The van der Waals surface area contributed by atoms with E-state index >= 15 is 0 Å². The fourth-order valence-electron chi connectivity index (χ4n) is 1.82. The molecule has 0 heterocycles. The minimum Gasteiger partial charge on any atom is -0.387 e. The zero-order chi connectivity index (χ0) is 16.6. The maximum absolute atomic E-state index is 12.8. The molecule has 0 aliphatic heterocycles. The summed E-state index contributed by atoms with van der Waals surface area (Å²) in [5.41, 5.74) is 1.29. The Bertz CT molecular complexity index is 596. The van der Waals surface area contributed by atoms with Gasteiger partial charge in [0.15, 0.2) is 0 Å². The average molecular weight is 308 g/mol. The predicted molar refractivity (Wildman–Crippen MR) is 85.8 cm³/mol. The van der Waals surface area contributed by atoms with Crippen molar-refractivity contribution < 1.29 is 13.2 Å². The van der Waals surface area contributed by atoms with Gasteiger partial charge >= 0.3 is 6.18 Å². The number of aliphatic imine (C=N–C) groups is 1. The summed E-state index contributed by atoms with van der Waals surface area (Å²) < 4.78 is 38.5. The Morgan fingerprint density at radius 2 is 2.09 bits per heavy atom. The molecule has 1 aromatic carbocycles. The molecule has 0 aliphatic carbocycles. The topological polar surface area (TPSA) is 24.4 Å². The number of alkyl halides is 3. The highest BCUT2D eigenvalue weighted by atomic mass is 19.4. The first-order valence-electron chi connectivity index (χ1n) is 6.71. The molecular formula is C17H19F3N2. The molecule has 0 unspecified atom stereocenters. The molecule has 5 heteroatoms. The van der Waals surface area contributed by atoms with Gasteiger partial charge in [-0.3, -0.25) is 4.99 Å². The number of allylic oxidation sites excluding steroid dienone is 3. The van der Waals surface area contributed by atoms with E-state index in [4.69, 9.17) is 0 Å². The first-order valence-corrected chi connectivity index (χ1v) is 6.71. The van der Waals surface area contributed by atoms with Crippen molar-refractivity contribution in [2.45, 2.75) is 13.1 Å². The number of hydrogen-bond acceptors (Lipinski definition) is 2. The molecule has 0 atom stereocenters. The molecular weight excluding hydrogens is 289 g/mol. The van der Waals surface area contributed by atoms with E-state index in [1.165, 1.54) is 6.07 Å². The van der Waals surface area contributed by atoms with E-state index in [9.17, 15) is 13.2 Å². The van der Waals surface area contributed by atoms with Crippen LogP contribution in [0.25, 0.3) is 5.57 Å². The summed E-state index contributed by atoms with van der Waals surface area (Å²) >= 11 is 0. The van der Waals surface area contributed by atoms with Gasteiger partial charge < -0.3 is 5.32 Å². The van der Waals surface area contributed by atoms with E-state index in [1.54, 1.807) is 37.7 Å². The Hall–Kier alpha value is -2.30. The van der Waals surface area contributed by atoms with Crippen molar-refractivity contribution >= 4 is 11.8 Å². The maximum Gasteiger partial charge on any atom is 0.416 e. The summed E-state index contributed by atoms with van der Waals surface area (Å²) in [4.78, 5) is 3.90. The van der Waals surface area contributed by atoms with E-state index in [0.717, 1.165) is 17.7 Å². The lowest BCUT2D eigenvalue weighted by atomic mass is 10.0. The van der Waals surface area contributed by atoms with Crippen molar-refractivity contribution in [1.82, 2.24) is 5.32 Å². The third-order valence-electron chi connectivity index (χ3n) is 2.76. The number of nitrogens with one attached hydrogen (secondary N) is 1. The van der Waals surface area contributed by atoms with Crippen LogP contribution in [0.1, 0.15) is 18.1 Å². The third-order valence-corrected chi connectivity index (χ3v) is 2.76. The van der Waals surface area contributed by atoms with E-state index < -0.39 is 11.7 Å². The van der Waals surface area contributed by atoms with Gasteiger partial charge in [0.25, 0.3) is 0 Å². The van der Waals surface area contributed by atoms with Crippen molar-refractivity contribution in [3.05, 3.63) is 65.9 Å². The van der Waals surface area contributed by atoms with Gasteiger partial charge in [-0.15, -0.1) is 6.58 Å². The second kappa shape index (κ2) is 8.22. The van der Waals surface area contributed by atoms with Crippen LogP contribution in [-0.2, 0) is 6.18 Å². The lowest BCUT2D eigenvalue weighted by molar-refractivity contribution is -0.137.